The molecule has 0 fully saturated rings. The topological polar surface area (TPSA) is 80.3 Å². The lowest BCUT2D eigenvalue weighted by Crippen LogP contribution is -1.97. The lowest BCUT2D eigenvalue weighted by molar-refractivity contribution is 0.311. The molecule has 2 heterocycles. The number of phenolic OH excluding ortho intramolecular Hbond substituents is 1. The van der Waals surface area contributed by atoms with Crippen LogP contribution in [-0.4, -0.2) is 34.0 Å². The lowest BCUT2D eigenvalue weighted by Gasteiger charge is -2.14. The van der Waals surface area contributed by atoms with Gasteiger partial charge in [-0.05, 0) is 44.2 Å². The number of methoxy groups -OCH3 is 1. The van der Waals surface area contributed by atoms with E-state index < -0.39 is 0 Å². The van der Waals surface area contributed by atoms with E-state index in [2.05, 4.69) is 10.2 Å². The highest BCUT2D eigenvalue weighted by Crippen LogP contribution is 2.41. The minimum absolute atomic E-state index is 0.0256. The standard InChI is InChI=1S/C20H18ClN3O3/c1-4-27-17-8-12-13(9-16(17)26-3)19(11-5-6-15(25)14(21)7-11)22-20-18(12)10(2)23-24-20/h5-9,25H,4H2,1-3H3,(H,22,23,24). The third-order valence-electron chi connectivity index (χ3n) is 4.50. The molecule has 0 amide bonds. The van der Waals surface area contributed by atoms with Crippen LogP contribution in [0.25, 0.3) is 33.1 Å². The quantitative estimate of drug-likeness (QED) is 0.526. The number of pyridine rings is 1. The summed E-state index contributed by atoms with van der Waals surface area (Å²) in [5, 5.41) is 20.1. The van der Waals surface area contributed by atoms with E-state index in [-0.39, 0.29) is 10.8 Å². The first-order valence-electron chi connectivity index (χ1n) is 8.51. The summed E-state index contributed by atoms with van der Waals surface area (Å²) in [5.74, 6) is 1.31. The van der Waals surface area contributed by atoms with Gasteiger partial charge < -0.3 is 14.6 Å². The van der Waals surface area contributed by atoms with Crippen LogP contribution >= 0.6 is 11.6 Å². The van der Waals surface area contributed by atoms with Crippen molar-refractivity contribution in [2.24, 2.45) is 0 Å². The first-order chi connectivity index (χ1) is 13.0. The van der Waals surface area contributed by atoms with Gasteiger partial charge >= 0.3 is 0 Å². The van der Waals surface area contributed by atoms with Crippen molar-refractivity contribution in [3.05, 3.63) is 41.0 Å². The Morgan fingerprint density at radius 3 is 2.63 bits per heavy atom. The fourth-order valence-electron chi connectivity index (χ4n) is 3.25. The van der Waals surface area contributed by atoms with E-state index in [1.54, 1.807) is 25.3 Å². The lowest BCUT2D eigenvalue weighted by atomic mass is 10.00. The average molecular weight is 384 g/mol. The largest absolute Gasteiger partial charge is 0.506 e. The minimum atomic E-state index is 0.0256. The van der Waals surface area contributed by atoms with Gasteiger partial charge in [0, 0.05) is 27.4 Å². The van der Waals surface area contributed by atoms with Crippen LogP contribution in [0.5, 0.6) is 17.2 Å². The van der Waals surface area contributed by atoms with Gasteiger partial charge in [0.25, 0.3) is 0 Å². The number of aryl methyl sites for hydroxylation is 1. The fourth-order valence-corrected chi connectivity index (χ4v) is 3.43. The summed E-state index contributed by atoms with van der Waals surface area (Å²) in [4.78, 5) is 4.74. The molecule has 0 aliphatic heterocycles. The van der Waals surface area contributed by atoms with Crippen LogP contribution in [0.1, 0.15) is 12.6 Å². The molecule has 0 saturated carbocycles. The summed E-state index contributed by atoms with van der Waals surface area (Å²) in [6.07, 6.45) is 0. The van der Waals surface area contributed by atoms with Crippen LogP contribution in [0.4, 0.5) is 0 Å². The molecule has 0 aliphatic carbocycles. The van der Waals surface area contributed by atoms with Crippen LogP contribution in [-0.2, 0) is 0 Å². The molecule has 6 nitrogen and oxygen atoms in total. The summed E-state index contributed by atoms with van der Waals surface area (Å²) in [6, 6.07) is 8.88. The number of nitrogens with zero attached hydrogens (tertiary/aromatic N) is 2. The SMILES string of the molecule is CCOc1cc2c(cc1OC)c(-c1ccc(O)c(Cl)c1)nc1n[nH]c(C)c12. The van der Waals surface area contributed by atoms with Crippen molar-refractivity contribution in [2.75, 3.05) is 13.7 Å². The smallest absolute Gasteiger partial charge is 0.182 e. The Labute approximate surface area is 160 Å². The Morgan fingerprint density at radius 1 is 1.15 bits per heavy atom. The highest BCUT2D eigenvalue weighted by Gasteiger charge is 2.18. The van der Waals surface area contributed by atoms with Crippen molar-refractivity contribution in [1.29, 1.82) is 0 Å². The molecule has 2 aromatic carbocycles. The molecule has 4 aromatic rings. The predicted molar refractivity (Wildman–Crippen MR) is 106 cm³/mol. The monoisotopic (exact) mass is 383 g/mol. The second-order valence-corrected chi connectivity index (χ2v) is 6.56. The molecule has 0 aliphatic rings. The molecule has 0 saturated heterocycles. The maximum Gasteiger partial charge on any atom is 0.182 e. The van der Waals surface area contributed by atoms with E-state index in [0.717, 1.165) is 27.4 Å². The number of ether oxygens (including phenoxy) is 2. The highest BCUT2D eigenvalue weighted by molar-refractivity contribution is 6.32. The summed E-state index contributed by atoms with van der Waals surface area (Å²) < 4.78 is 11.3. The Kier molecular flexibility index (Phi) is 4.28. The molecule has 0 bridgehead atoms. The molecule has 7 heteroatoms. The maximum absolute atomic E-state index is 9.75. The Morgan fingerprint density at radius 2 is 1.93 bits per heavy atom. The number of hydrogen-bond donors (Lipinski definition) is 2. The van der Waals surface area contributed by atoms with E-state index in [1.165, 1.54) is 0 Å². The molecular formula is C20H18ClN3O3. The van der Waals surface area contributed by atoms with Crippen molar-refractivity contribution in [1.82, 2.24) is 15.2 Å². The number of nitrogens with one attached hydrogen (secondary N) is 1. The first-order valence-corrected chi connectivity index (χ1v) is 8.89. The second-order valence-electron chi connectivity index (χ2n) is 6.16. The van der Waals surface area contributed by atoms with Gasteiger partial charge in [0.2, 0.25) is 0 Å². The molecule has 2 N–H and O–H groups in total. The normalized spacial score (nSPS) is 11.3. The molecule has 0 spiro atoms. The van der Waals surface area contributed by atoms with Gasteiger partial charge in [0.15, 0.2) is 17.1 Å². The second kappa shape index (κ2) is 6.63. The van der Waals surface area contributed by atoms with Gasteiger partial charge in [-0.2, -0.15) is 5.10 Å². The molecule has 0 atom stereocenters. The van der Waals surface area contributed by atoms with Gasteiger partial charge in [0.05, 0.1) is 24.4 Å². The van der Waals surface area contributed by atoms with Crippen LogP contribution in [0.15, 0.2) is 30.3 Å². The van der Waals surface area contributed by atoms with E-state index in [1.807, 2.05) is 26.0 Å². The molecule has 4 rings (SSSR count). The fraction of sp³-hybridized carbons (Fsp3) is 0.200. The van der Waals surface area contributed by atoms with Crippen LogP contribution < -0.4 is 9.47 Å². The van der Waals surface area contributed by atoms with Crippen LogP contribution in [0, 0.1) is 6.92 Å². The third kappa shape index (κ3) is 2.82. The van der Waals surface area contributed by atoms with E-state index in [0.29, 0.717) is 29.4 Å². The van der Waals surface area contributed by atoms with Crippen molar-refractivity contribution in [3.63, 3.8) is 0 Å². The number of fused-ring (bicyclic) bond motifs is 3. The van der Waals surface area contributed by atoms with Gasteiger partial charge in [-0.15, -0.1) is 0 Å². The van der Waals surface area contributed by atoms with Gasteiger partial charge in [-0.1, -0.05) is 11.6 Å². The number of aromatic nitrogens is 3. The highest BCUT2D eigenvalue weighted by atomic mass is 35.5. The minimum Gasteiger partial charge on any atom is -0.506 e. The first kappa shape index (κ1) is 17.4. The van der Waals surface area contributed by atoms with Crippen molar-refractivity contribution < 1.29 is 14.6 Å². The average Bonchev–Trinajstić information content (AvgIpc) is 3.04. The number of rotatable bonds is 4. The van der Waals surface area contributed by atoms with Crippen molar-refractivity contribution in [3.8, 4) is 28.5 Å². The zero-order valence-electron chi connectivity index (χ0n) is 15.1. The maximum atomic E-state index is 9.75. The molecule has 2 aromatic heterocycles. The third-order valence-corrected chi connectivity index (χ3v) is 4.80. The molecular weight excluding hydrogens is 366 g/mol. The van der Waals surface area contributed by atoms with E-state index in [9.17, 15) is 5.11 Å². The zero-order chi connectivity index (χ0) is 19.1. The van der Waals surface area contributed by atoms with Gasteiger partial charge in [0.1, 0.15) is 5.75 Å². The number of benzene rings is 2. The van der Waals surface area contributed by atoms with Crippen LogP contribution in [0.3, 0.4) is 0 Å². The van der Waals surface area contributed by atoms with Crippen molar-refractivity contribution >= 4 is 33.4 Å². The molecule has 138 valence electrons. The Bertz CT molecular complexity index is 1170. The van der Waals surface area contributed by atoms with Crippen LogP contribution in [0.2, 0.25) is 5.02 Å². The summed E-state index contributed by atoms with van der Waals surface area (Å²) in [7, 11) is 1.61. The number of halogens is 1. The zero-order valence-corrected chi connectivity index (χ0v) is 15.9. The van der Waals surface area contributed by atoms with E-state index >= 15 is 0 Å². The summed E-state index contributed by atoms with van der Waals surface area (Å²) in [5.41, 5.74) is 3.00. The van der Waals surface area contributed by atoms with Gasteiger partial charge in [-0.3, -0.25) is 5.10 Å². The molecule has 0 unspecified atom stereocenters. The van der Waals surface area contributed by atoms with Gasteiger partial charge in [-0.25, -0.2) is 4.98 Å². The number of hydrogen-bond acceptors (Lipinski definition) is 5. The number of H-pyrrole nitrogens is 1. The Hall–Kier alpha value is -2.99. The Balaban J connectivity index is 2.12. The molecule has 27 heavy (non-hydrogen) atoms. The summed E-state index contributed by atoms with van der Waals surface area (Å²) in [6.45, 7) is 4.41. The number of aromatic hydroxyl groups is 1. The van der Waals surface area contributed by atoms with E-state index in [4.69, 9.17) is 26.1 Å². The number of aromatic amines is 1. The molecule has 0 radical (unpaired) electrons. The van der Waals surface area contributed by atoms with Crippen molar-refractivity contribution in [2.45, 2.75) is 13.8 Å². The predicted octanol–water partition coefficient (Wildman–Crippen LogP) is 4.85. The summed E-state index contributed by atoms with van der Waals surface area (Å²) >= 11 is 6.12. The number of phenols is 1.